The largest absolute Gasteiger partial charge is 0.379 e. The van der Waals surface area contributed by atoms with Crippen molar-refractivity contribution in [3.05, 3.63) is 148 Å². The molecular formula is C50H49Cl2N9O3. The third kappa shape index (κ3) is 9.62. The summed E-state index contributed by atoms with van der Waals surface area (Å²) in [6, 6.07) is 31.7. The smallest absolute Gasteiger partial charge is 0.273 e. The van der Waals surface area contributed by atoms with Crippen LogP contribution in [0.15, 0.2) is 110 Å². The molecule has 326 valence electrons. The number of aromatic nitrogens is 6. The third-order valence-corrected chi connectivity index (χ3v) is 12.6. The summed E-state index contributed by atoms with van der Waals surface area (Å²) in [5.74, 6) is 0.809. The normalized spacial score (nSPS) is 15.5. The second-order valence-electron chi connectivity index (χ2n) is 16.2. The number of benzene rings is 4. The molecule has 2 aliphatic rings. The highest BCUT2D eigenvalue weighted by molar-refractivity contribution is 6.37. The van der Waals surface area contributed by atoms with Crippen molar-refractivity contribution >= 4 is 78.3 Å². The number of rotatable bonds is 10. The summed E-state index contributed by atoms with van der Waals surface area (Å²) in [5, 5.41) is 10.5. The Morgan fingerprint density at radius 3 is 2.02 bits per heavy atom. The monoisotopic (exact) mass is 893 g/mol. The van der Waals surface area contributed by atoms with E-state index in [1.165, 1.54) is 0 Å². The SMILES string of the molecule is C[C@H](Cc1ncnc2ccccc12)c1cc2cccc(Cl)c2c(CCN2CCOCC2)n1.C[C@H](Nc1ncnc2ccccc12)c1cc2cccc(Cl)c2c(C(=O)N2CCOCC2)n1. The minimum absolute atomic E-state index is 0.132. The Kier molecular flexibility index (Phi) is 13.5. The fraction of sp³-hybridized carbons (Fsp3) is 0.300. The van der Waals surface area contributed by atoms with E-state index in [2.05, 4.69) is 55.3 Å². The van der Waals surface area contributed by atoms with Crippen LogP contribution in [0.3, 0.4) is 0 Å². The number of nitrogens with zero attached hydrogens (tertiary/aromatic N) is 8. The van der Waals surface area contributed by atoms with Gasteiger partial charge in [0.2, 0.25) is 0 Å². The number of amides is 1. The average Bonchev–Trinajstić information content (AvgIpc) is 3.33. The first-order valence-corrected chi connectivity index (χ1v) is 22.6. The van der Waals surface area contributed by atoms with Crippen molar-refractivity contribution in [2.75, 3.05) is 64.5 Å². The van der Waals surface area contributed by atoms with Crippen LogP contribution < -0.4 is 5.32 Å². The van der Waals surface area contributed by atoms with Crippen molar-refractivity contribution in [2.45, 2.75) is 38.6 Å². The molecule has 0 bridgehead atoms. The molecule has 6 heterocycles. The number of carbonyl (C=O) groups excluding carboxylic acids is 1. The zero-order valence-corrected chi connectivity index (χ0v) is 37.4. The first-order valence-electron chi connectivity index (χ1n) is 21.8. The standard InChI is InChI=1S/C26H27ClN4O.C24H22ClN5O2/c1-18(15-25-20-6-2-3-8-22(20)28-17-29-25)24-16-19-5-4-7-21(27)26(19)23(30-24)9-10-31-11-13-32-14-12-31;1-15(28-23-17-6-2-3-8-19(17)26-14-27-23)20-13-16-5-4-7-18(25)21(16)22(29-20)24(31)30-9-11-32-12-10-30/h2-8,16-18H,9-15H2,1H3;2-8,13-15H,9-12H2,1H3,(H,26,27,28)/t18-;15-/m10/s1. The molecule has 0 aliphatic carbocycles. The molecule has 2 saturated heterocycles. The van der Waals surface area contributed by atoms with Gasteiger partial charge in [0.15, 0.2) is 0 Å². The number of pyridine rings is 2. The Hall–Kier alpha value is -5.89. The maximum Gasteiger partial charge on any atom is 0.273 e. The first kappa shape index (κ1) is 43.4. The van der Waals surface area contributed by atoms with Crippen LogP contribution in [0.25, 0.3) is 43.4 Å². The molecule has 64 heavy (non-hydrogen) atoms. The molecule has 12 nitrogen and oxygen atoms in total. The summed E-state index contributed by atoms with van der Waals surface area (Å²) < 4.78 is 10.9. The van der Waals surface area contributed by atoms with E-state index in [4.69, 9.17) is 42.6 Å². The molecule has 14 heteroatoms. The molecule has 4 aromatic heterocycles. The van der Waals surface area contributed by atoms with Crippen LogP contribution in [-0.2, 0) is 22.3 Å². The van der Waals surface area contributed by atoms with E-state index in [1.54, 1.807) is 23.6 Å². The van der Waals surface area contributed by atoms with Gasteiger partial charge < -0.3 is 19.7 Å². The Morgan fingerprint density at radius 2 is 1.28 bits per heavy atom. The molecule has 0 unspecified atom stereocenters. The number of carbonyl (C=O) groups is 1. The maximum atomic E-state index is 13.4. The van der Waals surface area contributed by atoms with Crippen molar-refractivity contribution in [3.63, 3.8) is 0 Å². The lowest BCUT2D eigenvalue weighted by molar-refractivity contribution is 0.0300. The van der Waals surface area contributed by atoms with Gasteiger partial charge in [-0.1, -0.05) is 84.7 Å². The van der Waals surface area contributed by atoms with E-state index in [1.807, 2.05) is 79.7 Å². The summed E-state index contributed by atoms with van der Waals surface area (Å²) >= 11 is 13.1. The summed E-state index contributed by atoms with van der Waals surface area (Å²) in [6.45, 7) is 10.9. The van der Waals surface area contributed by atoms with Crippen LogP contribution in [0.2, 0.25) is 10.0 Å². The van der Waals surface area contributed by atoms with Gasteiger partial charge in [0.05, 0.1) is 70.6 Å². The van der Waals surface area contributed by atoms with Gasteiger partial charge >= 0.3 is 0 Å². The molecule has 2 fully saturated rings. The highest BCUT2D eigenvalue weighted by Crippen LogP contribution is 2.33. The lowest BCUT2D eigenvalue weighted by atomic mass is 9.96. The van der Waals surface area contributed by atoms with Gasteiger partial charge in [0.1, 0.15) is 24.2 Å². The summed E-state index contributed by atoms with van der Waals surface area (Å²) in [7, 11) is 0. The Morgan fingerprint density at radius 1 is 0.672 bits per heavy atom. The Bertz CT molecular complexity index is 2930. The molecular weight excluding hydrogens is 846 g/mol. The highest BCUT2D eigenvalue weighted by atomic mass is 35.5. The number of nitrogens with one attached hydrogen (secondary N) is 1. The minimum atomic E-state index is -0.201. The summed E-state index contributed by atoms with van der Waals surface area (Å²) in [4.78, 5) is 45.3. The quantitative estimate of drug-likeness (QED) is 0.141. The predicted octanol–water partition coefficient (Wildman–Crippen LogP) is 9.53. The van der Waals surface area contributed by atoms with Crippen LogP contribution in [0.4, 0.5) is 5.82 Å². The molecule has 2 aliphatic heterocycles. The lowest BCUT2D eigenvalue weighted by Gasteiger charge is -2.27. The summed E-state index contributed by atoms with van der Waals surface area (Å²) in [6.07, 6.45) is 4.88. The number of halogens is 2. The second-order valence-corrected chi connectivity index (χ2v) is 17.0. The van der Waals surface area contributed by atoms with Crippen molar-refractivity contribution in [3.8, 4) is 0 Å². The predicted molar refractivity (Wildman–Crippen MR) is 254 cm³/mol. The molecule has 8 aromatic rings. The molecule has 0 radical (unpaired) electrons. The summed E-state index contributed by atoms with van der Waals surface area (Å²) in [5.41, 5.74) is 6.16. The van der Waals surface area contributed by atoms with E-state index in [9.17, 15) is 4.79 Å². The van der Waals surface area contributed by atoms with E-state index >= 15 is 0 Å². The van der Waals surface area contributed by atoms with Gasteiger partial charge in [-0.15, -0.1) is 0 Å². The van der Waals surface area contributed by atoms with Crippen molar-refractivity contribution in [1.29, 1.82) is 0 Å². The van der Waals surface area contributed by atoms with Gasteiger partial charge in [-0.3, -0.25) is 14.7 Å². The fourth-order valence-electron chi connectivity index (χ4n) is 8.49. The molecule has 0 spiro atoms. The van der Waals surface area contributed by atoms with Crippen molar-refractivity contribution < 1.29 is 14.3 Å². The lowest BCUT2D eigenvalue weighted by Crippen LogP contribution is -2.41. The molecule has 0 saturated carbocycles. The van der Waals surface area contributed by atoms with Crippen LogP contribution >= 0.6 is 23.2 Å². The van der Waals surface area contributed by atoms with Crippen molar-refractivity contribution in [2.24, 2.45) is 0 Å². The van der Waals surface area contributed by atoms with Gasteiger partial charge in [-0.05, 0) is 66.6 Å². The van der Waals surface area contributed by atoms with Crippen LogP contribution in [0.5, 0.6) is 0 Å². The molecule has 1 N–H and O–H groups in total. The molecule has 2 atom stereocenters. The van der Waals surface area contributed by atoms with E-state index in [0.717, 1.165) is 117 Å². The van der Waals surface area contributed by atoms with Crippen LogP contribution in [0.1, 0.15) is 59.1 Å². The highest BCUT2D eigenvalue weighted by Gasteiger charge is 2.25. The number of morpholine rings is 2. The van der Waals surface area contributed by atoms with Gasteiger partial charge in [-0.25, -0.2) is 24.9 Å². The number of ether oxygens (including phenoxy) is 2. The zero-order valence-electron chi connectivity index (χ0n) is 35.9. The zero-order chi connectivity index (χ0) is 44.0. The van der Waals surface area contributed by atoms with E-state index in [-0.39, 0.29) is 17.9 Å². The molecule has 1 amide bonds. The molecule has 10 rings (SSSR count). The second kappa shape index (κ2) is 19.9. The van der Waals surface area contributed by atoms with Crippen LogP contribution in [0, 0.1) is 0 Å². The van der Waals surface area contributed by atoms with Crippen molar-refractivity contribution in [1.82, 2.24) is 39.7 Å². The van der Waals surface area contributed by atoms with Gasteiger partial charge in [-0.2, -0.15) is 0 Å². The first-order chi connectivity index (χ1) is 31.3. The van der Waals surface area contributed by atoms with E-state index < -0.39 is 0 Å². The number of fused-ring (bicyclic) bond motifs is 4. The average molecular weight is 895 g/mol. The molecule has 4 aromatic carbocycles. The fourth-order valence-corrected chi connectivity index (χ4v) is 9.05. The number of para-hydroxylation sites is 2. The Labute approximate surface area is 382 Å². The Balaban J connectivity index is 0.000000162. The maximum absolute atomic E-state index is 13.4. The number of hydrogen-bond acceptors (Lipinski definition) is 11. The van der Waals surface area contributed by atoms with E-state index in [0.29, 0.717) is 42.4 Å². The van der Waals surface area contributed by atoms with Gasteiger partial charge in [0.25, 0.3) is 5.91 Å². The number of hydrogen-bond donors (Lipinski definition) is 1. The van der Waals surface area contributed by atoms with Crippen LogP contribution in [-0.4, -0.2) is 105 Å². The topological polar surface area (TPSA) is 131 Å². The number of anilines is 1. The van der Waals surface area contributed by atoms with Gasteiger partial charge in [0, 0.05) is 72.3 Å². The third-order valence-electron chi connectivity index (χ3n) is 12.0. The minimum Gasteiger partial charge on any atom is -0.379 e.